The fourth-order valence-electron chi connectivity index (χ4n) is 2.03. The van der Waals surface area contributed by atoms with Gasteiger partial charge in [0.05, 0.1) is 19.8 Å². The number of hydrogen-bond acceptors (Lipinski definition) is 5. The maximum Gasteiger partial charge on any atom is 0.236 e. The van der Waals surface area contributed by atoms with E-state index < -0.39 is 0 Å². The summed E-state index contributed by atoms with van der Waals surface area (Å²) in [7, 11) is 0. The molecule has 6 heteroatoms. The second-order valence-corrected chi connectivity index (χ2v) is 4.31. The van der Waals surface area contributed by atoms with Crippen LogP contribution in [-0.2, 0) is 9.53 Å². The molecule has 0 atom stereocenters. The average molecular weight is 228 g/mol. The predicted molar refractivity (Wildman–Crippen MR) is 59.6 cm³/mol. The van der Waals surface area contributed by atoms with Crippen LogP contribution in [0.3, 0.4) is 0 Å². The van der Waals surface area contributed by atoms with Crippen LogP contribution in [-0.4, -0.2) is 79.7 Å². The lowest BCUT2D eigenvalue weighted by atomic mass is 10.3. The normalized spacial score (nSPS) is 24.7. The first-order chi connectivity index (χ1) is 7.75. The third kappa shape index (κ3) is 3.15. The van der Waals surface area contributed by atoms with E-state index in [0.29, 0.717) is 19.8 Å². The molecule has 2 N–H and O–H groups in total. The number of carbonyl (C=O) groups excluding carboxylic acids is 1. The van der Waals surface area contributed by atoms with E-state index in [9.17, 15) is 4.79 Å². The molecule has 2 aliphatic heterocycles. The van der Waals surface area contributed by atoms with E-state index in [4.69, 9.17) is 10.6 Å². The molecule has 2 heterocycles. The van der Waals surface area contributed by atoms with Gasteiger partial charge in [-0.1, -0.05) is 0 Å². The smallest absolute Gasteiger partial charge is 0.236 e. The molecule has 0 aromatic heterocycles. The second kappa shape index (κ2) is 5.58. The largest absolute Gasteiger partial charge is 0.378 e. The molecule has 16 heavy (non-hydrogen) atoms. The van der Waals surface area contributed by atoms with E-state index in [1.165, 1.54) is 0 Å². The van der Waals surface area contributed by atoms with E-state index in [-0.39, 0.29) is 5.91 Å². The van der Waals surface area contributed by atoms with Crippen molar-refractivity contribution < 1.29 is 9.53 Å². The van der Waals surface area contributed by atoms with Crippen LogP contribution in [0.25, 0.3) is 0 Å². The topological polar surface area (TPSA) is 62.0 Å². The van der Waals surface area contributed by atoms with Crippen LogP contribution in [0.4, 0.5) is 0 Å². The molecule has 2 rings (SSSR count). The van der Waals surface area contributed by atoms with Gasteiger partial charge >= 0.3 is 0 Å². The van der Waals surface area contributed by atoms with E-state index >= 15 is 0 Å². The van der Waals surface area contributed by atoms with Crippen LogP contribution < -0.4 is 5.84 Å². The molecule has 2 saturated heterocycles. The van der Waals surface area contributed by atoms with Gasteiger partial charge in [0.15, 0.2) is 0 Å². The highest BCUT2D eigenvalue weighted by molar-refractivity contribution is 5.78. The SMILES string of the molecule is NN1CCN(CC(=O)N2CCOCC2)CC1. The number of nitrogens with two attached hydrogens (primary N) is 1. The first kappa shape index (κ1) is 11.8. The summed E-state index contributed by atoms with van der Waals surface area (Å²) in [5, 5.41) is 1.80. The van der Waals surface area contributed by atoms with Gasteiger partial charge in [-0.15, -0.1) is 0 Å². The van der Waals surface area contributed by atoms with Crippen molar-refractivity contribution in [3.05, 3.63) is 0 Å². The number of piperazine rings is 1. The summed E-state index contributed by atoms with van der Waals surface area (Å²) in [6.45, 7) is 6.77. The van der Waals surface area contributed by atoms with Crippen molar-refractivity contribution in [3.63, 3.8) is 0 Å². The minimum absolute atomic E-state index is 0.216. The minimum Gasteiger partial charge on any atom is -0.378 e. The molecule has 0 saturated carbocycles. The molecule has 0 aromatic rings. The highest BCUT2D eigenvalue weighted by atomic mass is 16.5. The Labute approximate surface area is 95.9 Å². The van der Waals surface area contributed by atoms with E-state index in [1.54, 1.807) is 5.01 Å². The van der Waals surface area contributed by atoms with Crippen molar-refractivity contribution in [2.45, 2.75) is 0 Å². The Morgan fingerprint density at radius 2 is 1.69 bits per heavy atom. The number of hydrogen-bond donors (Lipinski definition) is 1. The average Bonchev–Trinajstić information content (AvgIpc) is 2.33. The monoisotopic (exact) mass is 228 g/mol. The Balaban J connectivity index is 1.73. The molecule has 0 spiro atoms. The Bertz CT molecular complexity index is 235. The van der Waals surface area contributed by atoms with Crippen LogP contribution >= 0.6 is 0 Å². The lowest BCUT2D eigenvalue weighted by Gasteiger charge is -2.34. The molecule has 0 unspecified atom stereocenters. The summed E-state index contributed by atoms with van der Waals surface area (Å²) in [6, 6.07) is 0. The summed E-state index contributed by atoms with van der Waals surface area (Å²) in [5.74, 6) is 5.88. The molecule has 0 radical (unpaired) electrons. The first-order valence-electron chi connectivity index (χ1n) is 5.83. The quantitative estimate of drug-likeness (QED) is 0.573. The summed E-state index contributed by atoms with van der Waals surface area (Å²) in [4.78, 5) is 16.0. The van der Waals surface area contributed by atoms with E-state index in [2.05, 4.69) is 4.90 Å². The second-order valence-electron chi connectivity index (χ2n) is 4.31. The molecule has 0 aliphatic carbocycles. The van der Waals surface area contributed by atoms with Crippen LogP contribution in [0, 0.1) is 0 Å². The van der Waals surface area contributed by atoms with Gasteiger partial charge in [-0.2, -0.15) is 0 Å². The van der Waals surface area contributed by atoms with Crippen molar-refractivity contribution in [2.24, 2.45) is 5.84 Å². The number of rotatable bonds is 2. The number of amides is 1. The molecule has 6 nitrogen and oxygen atoms in total. The van der Waals surface area contributed by atoms with Crippen molar-refractivity contribution in [1.29, 1.82) is 0 Å². The van der Waals surface area contributed by atoms with Crippen molar-refractivity contribution in [2.75, 3.05) is 59.0 Å². The molecule has 0 bridgehead atoms. The predicted octanol–water partition coefficient (Wildman–Crippen LogP) is -1.66. The highest BCUT2D eigenvalue weighted by Crippen LogP contribution is 2.02. The molecule has 2 fully saturated rings. The van der Waals surface area contributed by atoms with Crippen LogP contribution in [0.2, 0.25) is 0 Å². The fraction of sp³-hybridized carbons (Fsp3) is 0.900. The first-order valence-corrected chi connectivity index (χ1v) is 5.83. The van der Waals surface area contributed by atoms with Gasteiger partial charge in [-0.05, 0) is 0 Å². The molecule has 0 aromatic carbocycles. The van der Waals surface area contributed by atoms with Crippen molar-refractivity contribution in [1.82, 2.24) is 14.8 Å². The number of nitrogens with zero attached hydrogens (tertiary/aromatic N) is 3. The molecular formula is C10H20N4O2. The van der Waals surface area contributed by atoms with Gasteiger partial charge in [-0.3, -0.25) is 15.5 Å². The van der Waals surface area contributed by atoms with Gasteiger partial charge in [-0.25, -0.2) is 5.01 Å². The van der Waals surface area contributed by atoms with Crippen molar-refractivity contribution >= 4 is 5.91 Å². The molecule has 92 valence electrons. The molecule has 1 amide bonds. The summed E-state index contributed by atoms with van der Waals surface area (Å²) >= 11 is 0. The van der Waals surface area contributed by atoms with Gasteiger partial charge in [0, 0.05) is 39.3 Å². The third-order valence-electron chi connectivity index (χ3n) is 3.13. The fourth-order valence-corrected chi connectivity index (χ4v) is 2.03. The summed E-state index contributed by atoms with van der Waals surface area (Å²) in [5.41, 5.74) is 0. The lowest BCUT2D eigenvalue weighted by molar-refractivity contribution is -0.136. The number of ether oxygens (including phenoxy) is 1. The maximum absolute atomic E-state index is 11.9. The van der Waals surface area contributed by atoms with E-state index in [0.717, 1.165) is 39.3 Å². The third-order valence-corrected chi connectivity index (χ3v) is 3.13. The molecule has 2 aliphatic rings. The Hall–Kier alpha value is -0.690. The van der Waals surface area contributed by atoms with Gasteiger partial charge in [0.1, 0.15) is 0 Å². The Morgan fingerprint density at radius 1 is 1.06 bits per heavy atom. The van der Waals surface area contributed by atoms with Gasteiger partial charge in [0.2, 0.25) is 5.91 Å². The number of hydrazine groups is 1. The summed E-state index contributed by atoms with van der Waals surface area (Å²) < 4.78 is 5.22. The Morgan fingerprint density at radius 3 is 2.31 bits per heavy atom. The zero-order valence-corrected chi connectivity index (χ0v) is 9.60. The molecular weight excluding hydrogens is 208 g/mol. The number of morpholine rings is 1. The van der Waals surface area contributed by atoms with E-state index in [1.807, 2.05) is 4.90 Å². The maximum atomic E-state index is 11.9. The minimum atomic E-state index is 0.216. The zero-order chi connectivity index (χ0) is 11.4. The van der Waals surface area contributed by atoms with Crippen molar-refractivity contribution in [3.8, 4) is 0 Å². The van der Waals surface area contributed by atoms with Gasteiger partial charge < -0.3 is 9.64 Å². The highest BCUT2D eigenvalue weighted by Gasteiger charge is 2.21. The lowest BCUT2D eigenvalue weighted by Crippen LogP contribution is -2.53. The zero-order valence-electron chi connectivity index (χ0n) is 9.60. The summed E-state index contributed by atoms with van der Waals surface area (Å²) in [6.07, 6.45) is 0. The van der Waals surface area contributed by atoms with Crippen LogP contribution in [0.1, 0.15) is 0 Å². The Kier molecular flexibility index (Phi) is 4.11. The number of carbonyl (C=O) groups is 1. The standard InChI is InChI=1S/C10H20N4O2/c11-14-3-1-12(2-4-14)9-10(15)13-5-7-16-8-6-13/h1-9,11H2. The van der Waals surface area contributed by atoms with Gasteiger partial charge in [0.25, 0.3) is 0 Å². The van der Waals surface area contributed by atoms with Crippen LogP contribution in [0.15, 0.2) is 0 Å². The van der Waals surface area contributed by atoms with Crippen LogP contribution in [0.5, 0.6) is 0 Å².